The first kappa shape index (κ1) is 25.0. The Morgan fingerprint density at radius 3 is 2.53 bits per heavy atom. The highest BCUT2D eigenvalue weighted by atomic mass is 127. The van der Waals surface area contributed by atoms with Crippen molar-refractivity contribution in [3.05, 3.63) is 71.3 Å². The summed E-state index contributed by atoms with van der Waals surface area (Å²) in [6.07, 6.45) is 0.230. The van der Waals surface area contributed by atoms with E-state index in [0.29, 0.717) is 12.6 Å². The van der Waals surface area contributed by atoms with Crippen LogP contribution in [0.2, 0.25) is 0 Å². The molecule has 2 unspecified atom stereocenters. The van der Waals surface area contributed by atoms with Gasteiger partial charge in [0.25, 0.3) is 0 Å². The zero-order valence-electron chi connectivity index (χ0n) is 19.1. The van der Waals surface area contributed by atoms with E-state index in [-0.39, 0.29) is 30.1 Å². The third kappa shape index (κ3) is 6.43. The molecule has 6 nitrogen and oxygen atoms in total. The smallest absolute Gasteiger partial charge is 0.194 e. The molecule has 2 heterocycles. The number of nitrogens with zero attached hydrogens (tertiary/aromatic N) is 3. The summed E-state index contributed by atoms with van der Waals surface area (Å²) in [6.45, 7) is 8.73. The first-order valence-electron chi connectivity index (χ1n) is 11.3. The number of hydrogen-bond acceptors (Lipinski definition) is 4. The lowest BCUT2D eigenvalue weighted by molar-refractivity contribution is -0.0502. The van der Waals surface area contributed by atoms with E-state index in [2.05, 4.69) is 74.7 Å². The fraction of sp³-hybridized carbons (Fsp3) is 0.480. The Bertz CT molecular complexity index is 847. The van der Waals surface area contributed by atoms with Crippen LogP contribution in [0.5, 0.6) is 0 Å². The summed E-state index contributed by atoms with van der Waals surface area (Å²) in [5, 5.41) is 3.54. The third-order valence-electron chi connectivity index (χ3n) is 6.10. The lowest BCUT2D eigenvalue weighted by atomic mass is 10.1. The van der Waals surface area contributed by atoms with Gasteiger partial charge in [0.1, 0.15) is 0 Å². The number of hydrogen-bond donors (Lipinski definition) is 1. The zero-order valence-corrected chi connectivity index (χ0v) is 21.4. The molecule has 2 aliphatic rings. The number of likely N-dealkylation sites (tertiary alicyclic amines) is 1. The Kier molecular flexibility index (Phi) is 9.77. The first-order valence-corrected chi connectivity index (χ1v) is 11.3. The molecule has 2 aromatic carbocycles. The molecule has 0 spiro atoms. The molecular weight excluding hydrogens is 515 g/mol. The van der Waals surface area contributed by atoms with Crippen LogP contribution in [0.3, 0.4) is 0 Å². The van der Waals surface area contributed by atoms with E-state index in [0.717, 1.165) is 51.9 Å². The number of nitrogens with one attached hydrogen (secondary N) is 1. The predicted molar refractivity (Wildman–Crippen MR) is 139 cm³/mol. The van der Waals surface area contributed by atoms with Crippen molar-refractivity contribution in [3.8, 4) is 0 Å². The summed E-state index contributed by atoms with van der Waals surface area (Å²) in [6, 6.07) is 19.7. The highest BCUT2D eigenvalue weighted by molar-refractivity contribution is 14.0. The van der Waals surface area contributed by atoms with Gasteiger partial charge in [-0.2, -0.15) is 0 Å². The average Bonchev–Trinajstić information content (AvgIpc) is 3.25. The minimum Gasteiger partial charge on any atom is -0.377 e. The van der Waals surface area contributed by atoms with Gasteiger partial charge in [0.2, 0.25) is 0 Å². The van der Waals surface area contributed by atoms with Crippen LogP contribution in [-0.2, 0) is 29.2 Å². The van der Waals surface area contributed by atoms with Crippen LogP contribution in [0.1, 0.15) is 23.6 Å². The maximum atomic E-state index is 6.12. The fourth-order valence-electron chi connectivity index (χ4n) is 4.43. The van der Waals surface area contributed by atoms with E-state index in [1.54, 1.807) is 0 Å². The number of aliphatic imine (C=N–C) groups is 1. The summed E-state index contributed by atoms with van der Waals surface area (Å²) in [4.78, 5) is 9.45. The second-order valence-electron chi connectivity index (χ2n) is 8.19. The van der Waals surface area contributed by atoms with E-state index in [9.17, 15) is 0 Å². The van der Waals surface area contributed by atoms with Crippen molar-refractivity contribution in [3.63, 3.8) is 0 Å². The van der Waals surface area contributed by atoms with Crippen LogP contribution in [0.25, 0.3) is 0 Å². The van der Waals surface area contributed by atoms with Crippen molar-refractivity contribution in [1.82, 2.24) is 15.1 Å². The number of fused-ring (bicyclic) bond motifs is 1. The zero-order chi connectivity index (χ0) is 21.5. The number of halogens is 1. The van der Waals surface area contributed by atoms with Gasteiger partial charge in [0, 0.05) is 46.4 Å². The molecule has 7 heteroatoms. The van der Waals surface area contributed by atoms with E-state index < -0.39 is 0 Å². The molecule has 0 aromatic heterocycles. The van der Waals surface area contributed by atoms with Gasteiger partial charge in [-0.1, -0.05) is 54.6 Å². The number of morpholine rings is 1. The van der Waals surface area contributed by atoms with Crippen LogP contribution in [-0.4, -0.2) is 67.8 Å². The summed E-state index contributed by atoms with van der Waals surface area (Å²) in [7, 11) is 1.86. The minimum atomic E-state index is 0. The van der Waals surface area contributed by atoms with Gasteiger partial charge in [-0.3, -0.25) is 9.89 Å². The van der Waals surface area contributed by atoms with Crippen molar-refractivity contribution < 1.29 is 9.47 Å². The molecule has 0 bridgehead atoms. The first-order chi connectivity index (χ1) is 15.3. The minimum absolute atomic E-state index is 0. The van der Waals surface area contributed by atoms with Crippen molar-refractivity contribution in [2.45, 2.75) is 38.8 Å². The molecule has 0 saturated carbocycles. The molecule has 2 aromatic rings. The molecule has 2 fully saturated rings. The van der Waals surface area contributed by atoms with E-state index >= 15 is 0 Å². The number of benzene rings is 2. The van der Waals surface area contributed by atoms with Gasteiger partial charge in [0.05, 0.1) is 25.4 Å². The maximum absolute atomic E-state index is 6.12. The highest BCUT2D eigenvalue weighted by Crippen LogP contribution is 2.24. The Labute approximate surface area is 209 Å². The lowest BCUT2D eigenvalue weighted by Crippen LogP contribution is -2.50. The summed E-state index contributed by atoms with van der Waals surface area (Å²) < 4.78 is 11.6. The molecule has 2 aliphatic heterocycles. The van der Waals surface area contributed by atoms with Gasteiger partial charge in [0.15, 0.2) is 5.96 Å². The topological polar surface area (TPSA) is 49.3 Å². The van der Waals surface area contributed by atoms with Gasteiger partial charge < -0.3 is 19.7 Å². The second-order valence-corrected chi connectivity index (χ2v) is 8.19. The standard InChI is InChI=1S/C25H34N4O2.HI/c1-3-30-19-22-11-9-20(10-12-22)15-27-25(26-2)29-17-23-24(18-29)31-14-13-28(23)16-21-7-5-4-6-8-21;/h4-12,23-24H,3,13-19H2,1-2H3,(H,26,27);1H. The van der Waals surface area contributed by atoms with Gasteiger partial charge in [-0.15, -0.1) is 24.0 Å². The molecule has 2 atom stereocenters. The third-order valence-corrected chi connectivity index (χ3v) is 6.10. The van der Waals surface area contributed by atoms with E-state index in [1.807, 2.05) is 14.0 Å². The Hall–Kier alpha value is -1.68. The van der Waals surface area contributed by atoms with Crippen LogP contribution in [0, 0.1) is 0 Å². The monoisotopic (exact) mass is 550 g/mol. The Morgan fingerprint density at radius 2 is 1.81 bits per heavy atom. The Morgan fingerprint density at radius 1 is 1.06 bits per heavy atom. The van der Waals surface area contributed by atoms with E-state index in [4.69, 9.17) is 9.47 Å². The SMILES string of the molecule is CCOCc1ccc(CNC(=NC)N2CC3OCCN(Cc4ccccc4)C3C2)cc1.I. The molecule has 32 heavy (non-hydrogen) atoms. The van der Waals surface area contributed by atoms with Crippen LogP contribution in [0.4, 0.5) is 0 Å². The van der Waals surface area contributed by atoms with Gasteiger partial charge >= 0.3 is 0 Å². The highest BCUT2D eigenvalue weighted by Gasteiger charge is 2.41. The molecule has 4 rings (SSSR count). The molecule has 174 valence electrons. The Balaban J connectivity index is 0.00000289. The normalized spacial score (nSPS) is 21.2. The predicted octanol–water partition coefficient (Wildman–Crippen LogP) is 3.50. The molecule has 0 amide bonds. The van der Waals surface area contributed by atoms with Crippen molar-refractivity contribution in [2.75, 3.05) is 39.9 Å². The van der Waals surface area contributed by atoms with Crippen molar-refractivity contribution in [2.24, 2.45) is 4.99 Å². The molecule has 1 N–H and O–H groups in total. The molecule has 2 saturated heterocycles. The lowest BCUT2D eigenvalue weighted by Gasteiger charge is -2.36. The summed E-state index contributed by atoms with van der Waals surface area (Å²) in [5.41, 5.74) is 3.80. The average molecular weight is 550 g/mol. The van der Waals surface area contributed by atoms with Crippen LogP contribution < -0.4 is 5.32 Å². The number of guanidine groups is 1. The number of rotatable bonds is 7. The van der Waals surface area contributed by atoms with Crippen molar-refractivity contribution in [1.29, 1.82) is 0 Å². The quantitative estimate of drug-likeness (QED) is 0.325. The second kappa shape index (κ2) is 12.5. The fourth-order valence-corrected chi connectivity index (χ4v) is 4.43. The molecular formula is C25H35IN4O2. The van der Waals surface area contributed by atoms with Crippen LogP contribution >= 0.6 is 24.0 Å². The maximum Gasteiger partial charge on any atom is 0.194 e. The van der Waals surface area contributed by atoms with Crippen molar-refractivity contribution >= 4 is 29.9 Å². The summed E-state index contributed by atoms with van der Waals surface area (Å²) >= 11 is 0. The summed E-state index contributed by atoms with van der Waals surface area (Å²) in [5.74, 6) is 0.941. The number of ether oxygens (including phenoxy) is 2. The van der Waals surface area contributed by atoms with Gasteiger partial charge in [-0.25, -0.2) is 0 Å². The molecule has 0 aliphatic carbocycles. The van der Waals surface area contributed by atoms with Gasteiger partial charge in [-0.05, 0) is 23.6 Å². The van der Waals surface area contributed by atoms with E-state index in [1.165, 1.54) is 16.7 Å². The van der Waals surface area contributed by atoms with Crippen LogP contribution in [0.15, 0.2) is 59.6 Å². The molecule has 0 radical (unpaired) electrons. The largest absolute Gasteiger partial charge is 0.377 e.